The Hall–Kier alpha value is -2.87. The van der Waals surface area contributed by atoms with Gasteiger partial charge in [0.1, 0.15) is 5.60 Å². The lowest BCUT2D eigenvalue weighted by atomic mass is 9.52. The van der Waals surface area contributed by atoms with Crippen LogP contribution in [-0.2, 0) is 24.5 Å². The molecule has 1 aromatic rings. The fraction of sp³-hybridized carbons (Fsp3) is 0.522. The van der Waals surface area contributed by atoms with E-state index in [1.165, 1.54) is 0 Å². The minimum atomic E-state index is -1.23. The van der Waals surface area contributed by atoms with Crippen molar-refractivity contribution in [3.63, 3.8) is 0 Å². The third-order valence-electron chi connectivity index (χ3n) is 7.31. The Bertz CT molecular complexity index is 986. The predicted molar refractivity (Wildman–Crippen MR) is 110 cm³/mol. The molecule has 4 atom stereocenters. The Balaban J connectivity index is 1.95. The number of fused-ring (bicyclic) bond motifs is 1. The number of hydrogen-bond donors (Lipinski definition) is 1. The summed E-state index contributed by atoms with van der Waals surface area (Å²) in [6.07, 6.45) is 1.99. The summed E-state index contributed by atoms with van der Waals surface area (Å²) in [5.41, 5.74) is -0.165. The Kier molecular flexibility index (Phi) is 5.08. The second-order valence-electron chi connectivity index (χ2n) is 8.61. The Morgan fingerprint density at radius 2 is 2.03 bits per heavy atom. The molecule has 8 heteroatoms. The summed E-state index contributed by atoms with van der Waals surface area (Å²) in [6.45, 7) is 4.63. The number of carbonyl (C=O) groups is 3. The second-order valence-corrected chi connectivity index (χ2v) is 8.61. The average molecular weight is 429 g/mol. The molecule has 0 radical (unpaired) electrons. The van der Waals surface area contributed by atoms with E-state index in [1.54, 1.807) is 7.11 Å². The summed E-state index contributed by atoms with van der Waals surface area (Å²) in [7, 11) is 3.51. The van der Waals surface area contributed by atoms with E-state index in [9.17, 15) is 14.4 Å². The molecule has 2 heterocycles. The van der Waals surface area contributed by atoms with E-state index in [-0.39, 0.29) is 18.2 Å². The number of nitrogens with zero attached hydrogens (tertiary/aromatic N) is 1. The van der Waals surface area contributed by atoms with Crippen molar-refractivity contribution in [1.82, 2.24) is 4.90 Å². The van der Waals surface area contributed by atoms with Crippen LogP contribution < -0.4 is 9.47 Å². The van der Waals surface area contributed by atoms with Crippen LogP contribution in [0.4, 0.5) is 0 Å². The topological polar surface area (TPSA) is 102 Å². The number of aliphatic carboxylic acids is 1. The van der Waals surface area contributed by atoms with Gasteiger partial charge in [-0.25, -0.2) is 9.59 Å². The maximum Gasteiger partial charge on any atom is 0.331 e. The zero-order valence-corrected chi connectivity index (χ0v) is 18.1. The molecule has 0 amide bonds. The number of ketones is 1. The SMILES string of the molecule is COc1ccc(C)c2c1O[C@H]1C(=O)CC[C@@]3(OC(=O)/C=C\C(=O)O)C(C)N(C)CC[C@]213. The normalized spacial score (nSPS) is 32.1. The van der Waals surface area contributed by atoms with Gasteiger partial charge in [0.25, 0.3) is 0 Å². The molecule has 4 rings (SSSR count). The number of esters is 1. The molecule has 1 spiro atoms. The van der Waals surface area contributed by atoms with Gasteiger partial charge < -0.3 is 19.3 Å². The maximum absolute atomic E-state index is 13.1. The van der Waals surface area contributed by atoms with E-state index in [2.05, 4.69) is 4.90 Å². The van der Waals surface area contributed by atoms with Gasteiger partial charge in [-0.2, -0.15) is 0 Å². The molecule has 1 aliphatic carbocycles. The van der Waals surface area contributed by atoms with Crippen molar-refractivity contribution in [3.05, 3.63) is 35.4 Å². The van der Waals surface area contributed by atoms with Gasteiger partial charge in [0.05, 0.1) is 12.5 Å². The van der Waals surface area contributed by atoms with Gasteiger partial charge in [0.15, 0.2) is 23.4 Å². The van der Waals surface area contributed by atoms with Crippen molar-refractivity contribution in [2.24, 2.45) is 0 Å². The lowest BCUT2D eigenvalue weighted by Gasteiger charge is -2.60. The van der Waals surface area contributed by atoms with E-state index in [1.807, 2.05) is 33.0 Å². The number of carboxylic acid groups (broad SMARTS) is 1. The fourth-order valence-electron chi connectivity index (χ4n) is 5.81. The third kappa shape index (κ3) is 2.88. The van der Waals surface area contributed by atoms with E-state index in [0.717, 1.165) is 23.3 Å². The van der Waals surface area contributed by atoms with Gasteiger partial charge in [-0.05, 0) is 51.9 Å². The molecule has 1 saturated carbocycles. The molecular weight excluding hydrogens is 402 g/mol. The quantitative estimate of drug-likeness (QED) is 0.573. The minimum Gasteiger partial charge on any atom is -0.493 e. The van der Waals surface area contributed by atoms with Crippen molar-refractivity contribution in [2.45, 2.75) is 56.3 Å². The van der Waals surface area contributed by atoms with Crippen LogP contribution >= 0.6 is 0 Å². The molecule has 0 aromatic heterocycles. The van der Waals surface area contributed by atoms with Gasteiger partial charge in [-0.3, -0.25) is 9.69 Å². The van der Waals surface area contributed by atoms with E-state index in [0.29, 0.717) is 30.9 Å². The second kappa shape index (κ2) is 7.37. The summed E-state index contributed by atoms with van der Waals surface area (Å²) in [6, 6.07) is 3.52. The molecule has 166 valence electrons. The molecule has 1 saturated heterocycles. The molecule has 2 fully saturated rings. The molecule has 0 bridgehead atoms. The first-order valence-corrected chi connectivity index (χ1v) is 10.4. The molecular formula is C23H27NO7. The number of aryl methyl sites for hydroxylation is 1. The fourth-order valence-corrected chi connectivity index (χ4v) is 5.81. The van der Waals surface area contributed by atoms with Crippen LogP contribution in [0.3, 0.4) is 0 Å². The first-order chi connectivity index (χ1) is 14.7. The molecule has 1 aromatic carbocycles. The molecule has 1 unspecified atom stereocenters. The van der Waals surface area contributed by atoms with Gasteiger partial charge in [-0.15, -0.1) is 0 Å². The van der Waals surface area contributed by atoms with Crippen molar-refractivity contribution in [1.29, 1.82) is 0 Å². The van der Waals surface area contributed by atoms with Crippen molar-refractivity contribution in [3.8, 4) is 11.5 Å². The third-order valence-corrected chi connectivity index (χ3v) is 7.31. The van der Waals surface area contributed by atoms with Gasteiger partial charge in [-0.1, -0.05) is 6.07 Å². The Morgan fingerprint density at radius 3 is 2.71 bits per heavy atom. The standard InChI is InChI=1S/C23H27NO7/c1-13-5-6-16(29-4)20-19(13)22-11-12-24(3)14(2)23(22,10-9-15(25)21(22)30-20)31-18(28)8-7-17(26)27/h5-8,14,21H,9-12H2,1-4H3,(H,26,27)/b8-7-/t14?,21-,22-,23+/m0/s1. The van der Waals surface area contributed by atoms with Gasteiger partial charge >= 0.3 is 11.9 Å². The van der Waals surface area contributed by atoms with Gasteiger partial charge in [0, 0.05) is 30.2 Å². The summed E-state index contributed by atoms with van der Waals surface area (Å²) in [5.74, 6) is -0.936. The average Bonchev–Trinajstić information content (AvgIpc) is 3.10. The number of ether oxygens (including phenoxy) is 3. The summed E-state index contributed by atoms with van der Waals surface area (Å²) in [4.78, 5) is 38.9. The van der Waals surface area contributed by atoms with Crippen LogP contribution in [0, 0.1) is 6.92 Å². The monoisotopic (exact) mass is 429 g/mol. The summed E-state index contributed by atoms with van der Waals surface area (Å²) in [5, 5.41) is 8.92. The van der Waals surface area contributed by atoms with Crippen LogP contribution in [0.1, 0.15) is 37.3 Å². The molecule has 8 nitrogen and oxygen atoms in total. The van der Waals surface area contributed by atoms with E-state index in [4.69, 9.17) is 19.3 Å². The Morgan fingerprint density at radius 1 is 1.29 bits per heavy atom. The van der Waals surface area contributed by atoms with Crippen molar-refractivity contribution >= 4 is 17.7 Å². The highest BCUT2D eigenvalue weighted by atomic mass is 16.6. The van der Waals surface area contributed by atoms with Crippen molar-refractivity contribution in [2.75, 3.05) is 20.7 Å². The first kappa shape index (κ1) is 21.4. The highest BCUT2D eigenvalue weighted by Gasteiger charge is 2.72. The summed E-state index contributed by atoms with van der Waals surface area (Å²) < 4.78 is 18.0. The van der Waals surface area contributed by atoms with Crippen LogP contribution in [0.5, 0.6) is 11.5 Å². The smallest absolute Gasteiger partial charge is 0.331 e. The van der Waals surface area contributed by atoms with Crippen molar-refractivity contribution < 1.29 is 33.7 Å². The van der Waals surface area contributed by atoms with E-state index >= 15 is 0 Å². The molecule has 2 aliphatic heterocycles. The van der Waals surface area contributed by atoms with E-state index < -0.39 is 29.1 Å². The number of hydrogen-bond acceptors (Lipinski definition) is 7. The lowest BCUT2D eigenvalue weighted by Crippen LogP contribution is -2.74. The number of benzene rings is 1. The molecule has 1 N–H and O–H groups in total. The summed E-state index contributed by atoms with van der Waals surface area (Å²) >= 11 is 0. The molecule has 31 heavy (non-hydrogen) atoms. The zero-order chi connectivity index (χ0) is 22.6. The number of likely N-dealkylation sites (N-methyl/N-ethyl adjacent to an activating group) is 1. The molecule has 3 aliphatic rings. The van der Waals surface area contributed by atoms with Crippen LogP contribution in [-0.4, -0.2) is 66.2 Å². The highest BCUT2D eigenvalue weighted by molar-refractivity contribution is 5.92. The van der Waals surface area contributed by atoms with Crippen LogP contribution in [0.2, 0.25) is 0 Å². The number of carboxylic acids is 1. The number of likely N-dealkylation sites (tertiary alicyclic amines) is 1. The largest absolute Gasteiger partial charge is 0.493 e. The number of rotatable bonds is 4. The number of piperidine rings is 1. The lowest BCUT2D eigenvalue weighted by molar-refractivity contribution is -0.204. The number of carbonyl (C=O) groups excluding carboxylic acids is 2. The zero-order valence-electron chi connectivity index (χ0n) is 18.1. The highest BCUT2D eigenvalue weighted by Crippen LogP contribution is 2.63. The maximum atomic E-state index is 13.1. The minimum absolute atomic E-state index is 0.0258. The Labute approximate surface area is 180 Å². The van der Waals surface area contributed by atoms with Gasteiger partial charge in [0.2, 0.25) is 0 Å². The number of methoxy groups -OCH3 is 1. The van der Waals surface area contributed by atoms with Crippen LogP contribution in [0.25, 0.3) is 0 Å². The number of Topliss-reactive ketones (excluding diaryl/α,β-unsaturated/α-hetero) is 1. The predicted octanol–water partition coefficient (Wildman–Crippen LogP) is 2.01. The van der Waals surface area contributed by atoms with Crippen LogP contribution in [0.15, 0.2) is 24.3 Å². The first-order valence-electron chi connectivity index (χ1n) is 10.4.